The number of fused-ring (bicyclic) bond motifs is 9. The van der Waals surface area contributed by atoms with Gasteiger partial charge >= 0.3 is 0 Å². The van der Waals surface area contributed by atoms with Crippen molar-refractivity contribution in [2.45, 2.75) is 0 Å². The summed E-state index contributed by atoms with van der Waals surface area (Å²) in [6.07, 6.45) is 0. The Bertz CT molecular complexity index is 3870. The van der Waals surface area contributed by atoms with E-state index < -0.39 is 0 Å². The Morgan fingerprint density at radius 3 is 1.55 bits per heavy atom. The lowest BCUT2D eigenvalue weighted by atomic mass is 9.89. The third kappa shape index (κ3) is 5.75. The summed E-state index contributed by atoms with van der Waals surface area (Å²) in [5.41, 5.74) is 15.0. The first-order valence-electron chi connectivity index (χ1n) is 21.6. The van der Waals surface area contributed by atoms with Gasteiger partial charge in [-0.05, 0) is 54.1 Å². The van der Waals surface area contributed by atoms with Crippen molar-refractivity contribution in [1.82, 2.24) is 19.5 Å². The quantitative estimate of drug-likeness (QED) is 0.157. The van der Waals surface area contributed by atoms with E-state index in [4.69, 9.17) is 19.4 Å². The minimum Gasteiger partial charge on any atom is -0.456 e. The molecule has 298 valence electrons. The van der Waals surface area contributed by atoms with Crippen LogP contribution in [0.3, 0.4) is 0 Å². The fourth-order valence-electron chi connectivity index (χ4n) is 9.67. The molecule has 0 atom stereocenters. The van der Waals surface area contributed by atoms with E-state index in [1.165, 1.54) is 21.8 Å². The average molecular weight is 817 g/mol. The fraction of sp³-hybridized carbons (Fsp3) is 0. The molecular formula is C59H36N4O. The summed E-state index contributed by atoms with van der Waals surface area (Å²) in [7, 11) is 0. The summed E-state index contributed by atoms with van der Waals surface area (Å²) >= 11 is 0. The van der Waals surface area contributed by atoms with Crippen molar-refractivity contribution in [3.63, 3.8) is 0 Å². The fourth-order valence-corrected chi connectivity index (χ4v) is 9.67. The van der Waals surface area contributed by atoms with E-state index >= 15 is 0 Å². The number of para-hydroxylation sites is 4. The molecule has 4 heterocycles. The van der Waals surface area contributed by atoms with Gasteiger partial charge in [0.2, 0.25) is 0 Å². The van der Waals surface area contributed by atoms with Crippen LogP contribution in [-0.2, 0) is 0 Å². The Kier molecular flexibility index (Phi) is 8.15. The van der Waals surface area contributed by atoms with E-state index in [9.17, 15) is 0 Å². The van der Waals surface area contributed by atoms with Crippen LogP contribution < -0.4 is 0 Å². The van der Waals surface area contributed by atoms with Crippen molar-refractivity contribution in [1.29, 1.82) is 0 Å². The van der Waals surface area contributed by atoms with E-state index in [0.29, 0.717) is 5.82 Å². The molecule has 0 aliphatic heterocycles. The smallest absolute Gasteiger partial charge is 0.160 e. The van der Waals surface area contributed by atoms with Gasteiger partial charge in [0, 0.05) is 71.2 Å². The van der Waals surface area contributed by atoms with Gasteiger partial charge in [0.1, 0.15) is 11.2 Å². The molecule has 0 unspecified atom stereocenters. The summed E-state index contributed by atoms with van der Waals surface area (Å²) < 4.78 is 8.99. The van der Waals surface area contributed by atoms with Gasteiger partial charge in [-0.2, -0.15) is 0 Å². The van der Waals surface area contributed by atoms with Crippen molar-refractivity contribution >= 4 is 65.4 Å². The number of benzene rings is 9. The van der Waals surface area contributed by atoms with E-state index in [-0.39, 0.29) is 0 Å². The Morgan fingerprint density at radius 1 is 0.344 bits per heavy atom. The van der Waals surface area contributed by atoms with Crippen molar-refractivity contribution in [2.75, 3.05) is 0 Å². The third-order valence-electron chi connectivity index (χ3n) is 12.6. The molecule has 5 heteroatoms. The molecule has 0 saturated heterocycles. The second-order valence-electron chi connectivity index (χ2n) is 16.3. The van der Waals surface area contributed by atoms with Crippen LogP contribution in [-0.4, -0.2) is 19.5 Å². The van der Waals surface area contributed by atoms with Gasteiger partial charge in [0.25, 0.3) is 0 Å². The zero-order chi connectivity index (χ0) is 42.1. The van der Waals surface area contributed by atoms with Gasteiger partial charge in [-0.1, -0.05) is 170 Å². The molecular weight excluding hydrogens is 781 g/mol. The number of aromatic nitrogens is 4. The van der Waals surface area contributed by atoms with E-state index in [2.05, 4.69) is 193 Å². The number of pyridine rings is 1. The predicted molar refractivity (Wildman–Crippen MR) is 264 cm³/mol. The molecule has 0 amide bonds. The van der Waals surface area contributed by atoms with Crippen LogP contribution in [0.15, 0.2) is 223 Å². The Balaban J connectivity index is 0.978. The molecule has 0 radical (unpaired) electrons. The molecule has 64 heavy (non-hydrogen) atoms. The van der Waals surface area contributed by atoms with E-state index in [1.54, 1.807) is 0 Å². The zero-order valence-electron chi connectivity index (χ0n) is 34.5. The van der Waals surface area contributed by atoms with Gasteiger partial charge < -0.3 is 8.98 Å². The van der Waals surface area contributed by atoms with Gasteiger partial charge in [0.05, 0.1) is 33.6 Å². The van der Waals surface area contributed by atoms with Crippen LogP contribution in [0.25, 0.3) is 127 Å². The summed E-state index contributed by atoms with van der Waals surface area (Å²) in [6, 6.07) is 76.6. The SMILES string of the molecule is c1ccc(-c2nc(-c3ccc(-c4c5c(cc6c(-c7ccccc7)nc7ccccc7c46)oc4ccccc45)cc3)cc(-c3ccc(-n4c5ccccc5c5ccccc54)cc3)n2)cc1. The van der Waals surface area contributed by atoms with Gasteiger partial charge in [-0.15, -0.1) is 0 Å². The molecule has 0 bridgehead atoms. The van der Waals surface area contributed by atoms with Crippen molar-refractivity contribution in [3.8, 4) is 62.0 Å². The highest BCUT2D eigenvalue weighted by atomic mass is 16.3. The summed E-state index contributed by atoms with van der Waals surface area (Å²) in [5, 5.41) is 7.95. The Labute approximate surface area is 368 Å². The average Bonchev–Trinajstić information content (AvgIpc) is 3.92. The van der Waals surface area contributed by atoms with Crippen LogP contribution in [0.5, 0.6) is 0 Å². The van der Waals surface area contributed by atoms with E-state index in [1.807, 2.05) is 30.3 Å². The highest BCUT2D eigenvalue weighted by molar-refractivity contribution is 6.27. The Morgan fingerprint density at radius 2 is 0.875 bits per heavy atom. The molecule has 13 rings (SSSR count). The van der Waals surface area contributed by atoms with Crippen LogP contribution in [0.1, 0.15) is 0 Å². The molecule has 0 aliphatic carbocycles. The summed E-state index contributed by atoms with van der Waals surface area (Å²) in [5.74, 6) is 0.677. The molecule has 5 nitrogen and oxygen atoms in total. The number of rotatable bonds is 6. The monoisotopic (exact) mass is 816 g/mol. The van der Waals surface area contributed by atoms with Crippen LogP contribution in [0.4, 0.5) is 0 Å². The van der Waals surface area contributed by atoms with Crippen molar-refractivity contribution in [3.05, 3.63) is 218 Å². The molecule has 9 aromatic carbocycles. The zero-order valence-corrected chi connectivity index (χ0v) is 34.5. The normalized spacial score (nSPS) is 11.8. The second kappa shape index (κ2) is 14.5. The minimum absolute atomic E-state index is 0.677. The molecule has 13 aromatic rings. The first-order chi connectivity index (χ1) is 31.7. The highest BCUT2D eigenvalue weighted by Gasteiger charge is 2.22. The second-order valence-corrected chi connectivity index (χ2v) is 16.3. The van der Waals surface area contributed by atoms with Gasteiger partial charge in [-0.3, -0.25) is 0 Å². The highest BCUT2D eigenvalue weighted by Crippen LogP contribution is 2.46. The Hall–Kier alpha value is -8.67. The maximum Gasteiger partial charge on any atom is 0.160 e. The van der Waals surface area contributed by atoms with Crippen LogP contribution in [0, 0.1) is 0 Å². The van der Waals surface area contributed by atoms with Crippen LogP contribution >= 0.6 is 0 Å². The maximum atomic E-state index is 6.65. The summed E-state index contributed by atoms with van der Waals surface area (Å²) in [4.78, 5) is 15.7. The maximum absolute atomic E-state index is 6.65. The lowest BCUT2D eigenvalue weighted by Gasteiger charge is -2.16. The lowest BCUT2D eigenvalue weighted by molar-refractivity contribution is 0.669. The molecule has 0 spiro atoms. The summed E-state index contributed by atoms with van der Waals surface area (Å²) in [6.45, 7) is 0. The molecule has 0 N–H and O–H groups in total. The lowest BCUT2D eigenvalue weighted by Crippen LogP contribution is -1.97. The van der Waals surface area contributed by atoms with Crippen molar-refractivity contribution < 1.29 is 4.42 Å². The molecule has 4 aromatic heterocycles. The third-order valence-corrected chi connectivity index (χ3v) is 12.6. The number of hydrogen-bond donors (Lipinski definition) is 0. The first-order valence-corrected chi connectivity index (χ1v) is 21.6. The van der Waals surface area contributed by atoms with Gasteiger partial charge in [-0.25, -0.2) is 15.0 Å². The number of furan rings is 1. The minimum atomic E-state index is 0.677. The van der Waals surface area contributed by atoms with E-state index in [0.717, 1.165) is 99.8 Å². The predicted octanol–water partition coefficient (Wildman–Crippen LogP) is 15.5. The molecule has 0 saturated carbocycles. The first kappa shape index (κ1) is 36.0. The topological polar surface area (TPSA) is 56.7 Å². The van der Waals surface area contributed by atoms with Crippen molar-refractivity contribution in [2.24, 2.45) is 0 Å². The standard InChI is InChI=1S/C59H36N4O/c1-3-15-40(16-4-1)58-47-35-54-57(46-22-10-14-26-53(46)64-54)55(56(47)45-21-7-11-23-48(45)60-58)39-29-27-37(28-30-39)49-36-50(62-59(61-49)41-17-5-2-6-18-41)38-31-33-42(34-32-38)63-51-24-12-8-19-43(51)44-20-9-13-25-52(44)63/h1-36H. The number of nitrogens with zero attached hydrogens (tertiary/aromatic N) is 4. The molecule has 0 fully saturated rings. The largest absolute Gasteiger partial charge is 0.456 e. The van der Waals surface area contributed by atoms with Gasteiger partial charge in [0.15, 0.2) is 5.82 Å². The number of hydrogen-bond acceptors (Lipinski definition) is 4. The van der Waals surface area contributed by atoms with Crippen LogP contribution in [0.2, 0.25) is 0 Å². The molecule has 0 aliphatic rings.